The van der Waals surface area contributed by atoms with Gasteiger partial charge in [0.2, 0.25) is 0 Å². The molecule has 0 aliphatic heterocycles. The Bertz CT molecular complexity index is 921. The number of fused-ring (bicyclic) bond motifs is 1. The van der Waals surface area contributed by atoms with Gasteiger partial charge in [-0.05, 0) is 61.1 Å². The highest BCUT2D eigenvalue weighted by atomic mass is 16.5. The second kappa shape index (κ2) is 9.28. The third-order valence-corrected chi connectivity index (χ3v) is 4.96. The Labute approximate surface area is 170 Å². The van der Waals surface area contributed by atoms with E-state index < -0.39 is 12.1 Å². The second-order valence-corrected chi connectivity index (χ2v) is 7.00. The molecule has 152 valence electrons. The Kier molecular flexibility index (Phi) is 6.54. The molecular weight excluding hydrogens is 370 g/mol. The van der Waals surface area contributed by atoms with Crippen molar-refractivity contribution in [1.29, 1.82) is 0 Å². The highest BCUT2D eigenvalue weighted by molar-refractivity contribution is 5.90. The average Bonchev–Trinajstić information content (AvgIpc) is 2.73. The summed E-state index contributed by atoms with van der Waals surface area (Å²) in [5.41, 5.74) is 3.04. The number of benzene rings is 2. The SMILES string of the molecule is COc1cc(/C=C/C(=O)O[C@H](C)C(=O)N[C@H]2CCCc3ccccc32)ccc1O. The van der Waals surface area contributed by atoms with Gasteiger partial charge in [-0.3, -0.25) is 4.79 Å². The number of amides is 1. The summed E-state index contributed by atoms with van der Waals surface area (Å²) in [6.45, 7) is 1.55. The summed E-state index contributed by atoms with van der Waals surface area (Å²) >= 11 is 0. The summed E-state index contributed by atoms with van der Waals surface area (Å²) in [6.07, 6.45) is 4.76. The van der Waals surface area contributed by atoms with Crippen molar-refractivity contribution >= 4 is 18.0 Å². The van der Waals surface area contributed by atoms with E-state index in [4.69, 9.17) is 9.47 Å². The van der Waals surface area contributed by atoms with Crippen LogP contribution in [0.5, 0.6) is 11.5 Å². The smallest absolute Gasteiger partial charge is 0.331 e. The van der Waals surface area contributed by atoms with Crippen molar-refractivity contribution in [3.8, 4) is 11.5 Å². The van der Waals surface area contributed by atoms with E-state index in [0.717, 1.165) is 24.8 Å². The zero-order chi connectivity index (χ0) is 20.8. The van der Waals surface area contributed by atoms with E-state index in [1.54, 1.807) is 19.1 Å². The van der Waals surface area contributed by atoms with Crippen molar-refractivity contribution in [2.75, 3.05) is 7.11 Å². The first-order chi connectivity index (χ1) is 14.0. The van der Waals surface area contributed by atoms with E-state index in [-0.39, 0.29) is 17.7 Å². The van der Waals surface area contributed by atoms with E-state index in [2.05, 4.69) is 11.4 Å². The lowest BCUT2D eigenvalue weighted by Gasteiger charge is -2.27. The minimum absolute atomic E-state index is 0.0156. The Balaban J connectivity index is 1.56. The van der Waals surface area contributed by atoms with Crippen LogP contribution in [0.25, 0.3) is 6.08 Å². The largest absolute Gasteiger partial charge is 0.504 e. The first-order valence-corrected chi connectivity index (χ1v) is 9.62. The molecule has 1 aliphatic rings. The number of nitrogens with one attached hydrogen (secondary N) is 1. The van der Waals surface area contributed by atoms with Crippen LogP contribution in [0.1, 0.15) is 42.5 Å². The topological polar surface area (TPSA) is 84.9 Å². The molecule has 0 saturated heterocycles. The lowest BCUT2D eigenvalue weighted by molar-refractivity contribution is -0.150. The summed E-state index contributed by atoms with van der Waals surface area (Å²) in [4.78, 5) is 24.6. The van der Waals surface area contributed by atoms with Gasteiger partial charge in [-0.2, -0.15) is 0 Å². The molecule has 2 aromatic carbocycles. The standard InChI is InChI=1S/C23H25NO5/c1-15(23(27)24-19-9-5-7-17-6-3-4-8-18(17)19)29-22(26)13-11-16-10-12-20(25)21(14-16)28-2/h3-4,6,8,10-15,19,25H,5,7,9H2,1-2H3,(H,24,27)/b13-11+/t15-,19+/m1/s1. The molecule has 0 unspecified atom stereocenters. The third-order valence-electron chi connectivity index (χ3n) is 4.96. The van der Waals surface area contributed by atoms with Gasteiger partial charge in [-0.25, -0.2) is 4.79 Å². The molecular formula is C23H25NO5. The van der Waals surface area contributed by atoms with Gasteiger partial charge in [-0.1, -0.05) is 30.3 Å². The van der Waals surface area contributed by atoms with Crippen LogP contribution < -0.4 is 10.1 Å². The minimum Gasteiger partial charge on any atom is -0.504 e. The molecule has 0 bridgehead atoms. The number of aromatic hydroxyl groups is 1. The average molecular weight is 395 g/mol. The zero-order valence-electron chi connectivity index (χ0n) is 16.6. The fourth-order valence-corrected chi connectivity index (χ4v) is 3.42. The number of hydrogen-bond acceptors (Lipinski definition) is 5. The molecule has 6 nitrogen and oxygen atoms in total. The molecule has 3 rings (SSSR count). The lowest BCUT2D eigenvalue weighted by atomic mass is 9.87. The third kappa shape index (κ3) is 5.16. The Morgan fingerprint density at radius 1 is 1.24 bits per heavy atom. The molecule has 0 fully saturated rings. The number of carbonyl (C=O) groups is 2. The summed E-state index contributed by atoms with van der Waals surface area (Å²) in [5, 5.41) is 12.6. The lowest BCUT2D eigenvalue weighted by Crippen LogP contribution is -2.39. The molecule has 1 amide bonds. The van der Waals surface area contributed by atoms with Gasteiger partial charge in [-0.15, -0.1) is 0 Å². The summed E-state index contributed by atoms with van der Waals surface area (Å²) < 4.78 is 10.3. The number of phenolic OH excluding ortho intramolecular Hbond substituents is 1. The molecule has 0 spiro atoms. The van der Waals surface area contributed by atoms with Crippen molar-refractivity contribution in [2.45, 2.75) is 38.3 Å². The van der Waals surface area contributed by atoms with Crippen LogP contribution in [-0.4, -0.2) is 30.2 Å². The molecule has 2 N–H and O–H groups in total. The number of rotatable bonds is 6. The predicted octanol–water partition coefficient (Wildman–Crippen LogP) is 3.54. The van der Waals surface area contributed by atoms with Crippen LogP contribution in [0.3, 0.4) is 0 Å². The van der Waals surface area contributed by atoms with Gasteiger partial charge in [0.15, 0.2) is 17.6 Å². The van der Waals surface area contributed by atoms with Crippen molar-refractivity contribution < 1.29 is 24.2 Å². The van der Waals surface area contributed by atoms with Gasteiger partial charge in [0.05, 0.1) is 13.2 Å². The van der Waals surface area contributed by atoms with Crippen molar-refractivity contribution in [2.24, 2.45) is 0 Å². The van der Waals surface area contributed by atoms with Crippen LogP contribution in [0.15, 0.2) is 48.5 Å². The van der Waals surface area contributed by atoms with Gasteiger partial charge < -0.3 is 19.9 Å². The monoisotopic (exact) mass is 395 g/mol. The van der Waals surface area contributed by atoms with E-state index in [0.29, 0.717) is 11.3 Å². The number of esters is 1. The maximum Gasteiger partial charge on any atom is 0.331 e. The van der Waals surface area contributed by atoms with Gasteiger partial charge >= 0.3 is 5.97 Å². The second-order valence-electron chi connectivity index (χ2n) is 7.00. The fourth-order valence-electron chi connectivity index (χ4n) is 3.42. The van der Waals surface area contributed by atoms with E-state index in [9.17, 15) is 14.7 Å². The Hall–Kier alpha value is -3.28. The Morgan fingerprint density at radius 2 is 2.03 bits per heavy atom. The molecule has 1 aliphatic carbocycles. The first kappa shape index (κ1) is 20.5. The Morgan fingerprint density at radius 3 is 2.83 bits per heavy atom. The zero-order valence-corrected chi connectivity index (χ0v) is 16.6. The van der Waals surface area contributed by atoms with Gasteiger partial charge in [0.1, 0.15) is 0 Å². The van der Waals surface area contributed by atoms with E-state index in [1.165, 1.54) is 30.9 Å². The van der Waals surface area contributed by atoms with Gasteiger partial charge in [0, 0.05) is 6.08 Å². The van der Waals surface area contributed by atoms with Crippen LogP contribution in [0.4, 0.5) is 0 Å². The van der Waals surface area contributed by atoms with Crippen molar-refractivity contribution in [3.63, 3.8) is 0 Å². The summed E-state index contributed by atoms with van der Waals surface area (Å²) in [5.74, 6) is -0.619. The maximum absolute atomic E-state index is 12.5. The maximum atomic E-state index is 12.5. The number of aryl methyl sites for hydroxylation is 1. The molecule has 6 heteroatoms. The molecule has 0 aromatic heterocycles. The molecule has 0 saturated carbocycles. The number of methoxy groups -OCH3 is 1. The number of hydrogen-bond donors (Lipinski definition) is 2. The number of carbonyl (C=O) groups excluding carboxylic acids is 2. The van der Waals surface area contributed by atoms with Crippen molar-refractivity contribution in [1.82, 2.24) is 5.32 Å². The first-order valence-electron chi connectivity index (χ1n) is 9.62. The highest BCUT2D eigenvalue weighted by Gasteiger charge is 2.24. The molecule has 0 heterocycles. The number of phenols is 1. The highest BCUT2D eigenvalue weighted by Crippen LogP contribution is 2.29. The normalized spacial score (nSPS) is 16.7. The summed E-state index contributed by atoms with van der Waals surface area (Å²) in [7, 11) is 1.45. The minimum atomic E-state index is -0.907. The van der Waals surface area contributed by atoms with Gasteiger partial charge in [0.25, 0.3) is 5.91 Å². The quantitative estimate of drug-likeness (QED) is 0.577. The van der Waals surface area contributed by atoms with Crippen LogP contribution in [0, 0.1) is 0 Å². The molecule has 29 heavy (non-hydrogen) atoms. The van der Waals surface area contributed by atoms with Crippen molar-refractivity contribution in [3.05, 3.63) is 65.2 Å². The number of ether oxygens (including phenoxy) is 2. The summed E-state index contributed by atoms with van der Waals surface area (Å²) in [6, 6.07) is 12.7. The molecule has 2 aromatic rings. The molecule has 0 radical (unpaired) electrons. The molecule has 2 atom stereocenters. The predicted molar refractivity (Wildman–Crippen MR) is 110 cm³/mol. The van der Waals surface area contributed by atoms with E-state index >= 15 is 0 Å². The van der Waals surface area contributed by atoms with E-state index in [1.807, 2.05) is 18.2 Å². The van der Waals surface area contributed by atoms with Crippen LogP contribution in [-0.2, 0) is 20.7 Å². The fraction of sp³-hybridized carbons (Fsp3) is 0.304. The van der Waals surface area contributed by atoms with Crippen LogP contribution >= 0.6 is 0 Å². The van der Waals surface area contributed by atoms with Crippen LogP contribution in [0.2, 0.25) is 0 Å².